The number of benzene rings is 3. The van der Waals surface area contributed by atoms with Gasteiger partial charge < -0.3 is 9.88 Å². The van der Waals surface area contributed by atoms with Crippen molar-refractivity contribution < 1.29 is 9.18 Å². The molecule has 0 saturated carbocycles. The topological polar surface area (TPSA) is 46.9 Å². The van der Waals surface area contributed by atoms with Crippen molar-refractivity contribution in [2.75, 3.05) is 6.54 Å². The molecular weight excluding hydrogens is 413 g/mol. The van der Waals surface area contributed by atoms with Crippen LogP contribution < -0.4 is 5.32 Å². The van der Waals surface area contributed by atoms with Crippen molar-refractivity contribution in [3.63, 3.8) is 0 Å². The van der Waals surface area contributed by atoms with Gasteiger partial charge in [-0.2, -0.15) is 0 Å². The van der Waals surface area contributed by atoms with E-state index in [0.717, 1.165) is 22.4 Å². The minimum absolute atomic E-state index is 0.0876. The van der Waals surface area contributed by atoms with Crippen molar-refractivity contribution in [3.05, 3.63) is 100 Å². The van der Waals surface area contributed by atoms with Gasteiger partial charge in [0.25, 0.3) is 5.91 Å². The molecular formula is C25H23ClFN3O. The monoisotopic (exact) mass is 435 g/mol. The second-order valence-electron chi connectivity index (χ2n) is 7.53. The van der Waals surface area contributed by atoms with Gasteiger partial charge in [-0.25, -0.2) is 9.37 Å². The molecule has 0 radical (unpaired) electrons. The predicted octanol–water partition coefficient (Wildman–Crippen LogP) is 5.55. The number of nitrogens with zero attached hydrogens (tertiary/aromatic N) is 2. The molecule has 0 saturated heterocycles. The third-order valence-corrected chi connectivity index (χ3v) is 5.61. The van der Waals surface area contributed by atoms with Crippen LogP contribution in [0.1, 0.15) is 33.7 Å². The number of halogens is 2. The Morgan fingerprint density at radius 3 is 2.71 bits per heavy atom. The quantitative estimate of drug-likeness (QED) is 0.387. The second-order valence-corrected chi connectivity index (χ2v) is 7.94. The lowest BCUT2D eigenvalue weighted by Gasteiger charge is -2.12. The lowest BCUT2D eigenvalue weighted by molar-refractivity contribution is 0.0953. The fourth-order valence-corrected chi connectivity index (χ4v) is 3.89. The van der Waals surface area contributed by atoms with E-state index in [1.165, 1.54) is 6.07 Å². The number of hydrogen-bond acceptors (Lipinski definition) is 2. The summed E-state index contributed by atoms with van der Waals surface area (Å²) in [5, 5.41) is 3.36. The summed E-state index contributed by atoms with van der Waals surface area (Å²) in [7, 11) is 0. The van der Waals surface area contributed by atoms with Gasteiger partial charge in [-0.1, -0.05) is 47.5 Å². The van der Waals surface area contributed by atoms with Gasteiger partial charge in [0.15, 0.2) is 0 Å². The average molecular weight is 436 g/mol. The molecule has 31 heavy (non-hydrogen) atoms. The Hall–Kier alpha value is -3.18. The zero-order valence-corrected chi connectivity index (χ0v) is 18.0. The standard InChI is InChI=1S/C25H23ClFN3O/c1-17-7-4-8-18(15-17)25(31)28-14-6-13-24-29-22-11-2-3-12-23(22)30(24)16-19-20(26)9-5-10-21(19)27/h2-5,7-12,15H,6,13-14,16H2,1H3,(H,28,31). The summed E-state index contributed by atoms with van der Waals surface area (Å²) < 4.78 is 16.4. The van der Waals surface area contributed by atoms with E-state index in [9.17, 15) is 9.18 Å². The van der Waals surface area contributed by atoms with Crippen molar-refractivity contribution in [3.8, 4) is 0 Å². The third kappa shape index (κ3) is 4.78. The van der Waals surface area contributed by atoms with Crippen LogP contribution in [0.3, 0.4) is 0 Å². The predicted molar refractivity (Wildman–Crippen MR) is 122 cm³/mol. The molecule has 0 bridgehead atoms. The maximum Gasteiger partial charge on any atom is 0.251 e. The molecule has 1 heterocycles. The van der Waals surface area contributed by atoms with E-state index in [2.05, 4.69) is 5.32 Å². The lowest BCUT2D eigenvalue weighted by atomic mass is 10.1. The molecule has 0 spiro atoms. The average Bonchev–Trinajstić information content (AvgIpc) is 3.11. The first-order chi connectivity index (χ1) is 15.0. The van der Waals surface area contributed by atoms with Crippen molar-refractivity contribution in [2.24, 2.45) is 0 Å². The maximum atomic E-state index is 14.4. The van der Waals surface area contributed by atoms with E-state index < -0.39 is 0 Å². The van der Waals surface area contributed by atoms with E-state index >= 15 is 0 Å². The molecule has 1 N–H and O–H groups in total. The largest absolute Gasteiger partial charge is 0.352 e. The summed E-state index contributed by atoms with van der Waals surface area (Å²) in [4.78, 5) is 17.1. The Morgan fingerprint density at radius 1 is 1.10 bits per heavy atom. The molecule has 1 aromatic heterocycles. The SMILES string of the molecule is Cc1cccc(C(=O)NCCCc2nc3ccccc3n2Cc2c(F)cccc2Cl)c1. The van der Waals surface area contributed by atoms with Crippen LogP contribution in [-0.2, 0) is 13.0 Å². The van der Waals surface area contributed by atoms with Crippen LogP contribution in [0, 0.1) is 12.7 Å². The molecule has 3 aromatic carbocycles. The number of imidazole rings is 1. The first kappa shape index (κ1) is 21.1. The van der Waals surface area contributed by atoms with E-state index in [-0.39, 0.29) is 11.7 Å². The number of nitrogens with one attached hydrogen (secondary N) is 1. The number of fused-ring (bicyclic) bond motifs is 1. The van der Waals surface area contributed by atoms with Gasteiger partial charge in [0.05, 0.1) is 17.6 Å². The zero-order chi connectivity index (χ0) is 21.8. The molecule has 4 nitrogen and oxygen atoms in total. The first-order valence-electron chi connectivity index (χ1n) is 10.2. The molecule has 4 aromatic rings. The molecule has 0 aliphatic rings. The molecule has 158 valence electrons. The van der Waals surface area contributed by atoms with Gasteiger partial charge in [0.1, 0.15) is 11.6 Å². The van der Waals surface area contributed by atoms with Crippen molar-refractivity contribution in [2.45, 2.75) is 26.3 Å². The van der Waals surface area contributed by atoms with Crippen LogP contribution in [0.4, 0.5) is 4.39 Å². The van der Waals surface area contributed by atoms with Crippen molar-refractivity contribution in [1.82, 2.24) is 14.9 Å². The first-order valence-corrected chi connectivity index (χ1v) is 10.6. The van der Waals surface area contributed by atoms with Crippen molar-refractivity contribution in [1.29, 1.82) is 0 Å². The Kier molecular flexibility index (Phi) is 6.33. The maximum absolute atomic E-state index is 14.4. The molecule has 0 aliphatic carbocycles. The highest BCUT2D eigenvalue weighted by molar-refractivity contribution is 6.31. The normalized spacial score (nSPS) is 11.1. The fraction of sp³-hybridized carbons (Fsp3) is 0.200. The van der Waals surface area contributed by atoms with Crippen LogP contribution in [-0.4, -0.2) is 22.0 Å². The van der Waals surface area contributed by atoms with E-state index in [1.807, 2.05) is 54.0 Å². The fourth-order valence-electron chi connectivity index (χ4n) is 3.67. The molecule has 4 rings (SSSR count). The summed E-state index contributed by atoms with van der Waals surface area (Å²) in [6.45, 7) is 2.79. The highest BCUT2D eigenvalue weighted by Gasteiger charge is 2.15. The van der Waals surface area contributed by atoms with Gasteiger partial charge >= 0.3 is 0 Å². The minimum Gasteiger partial charge on any atom is -0.352 e. The number of carbonyl (C=O) groups is 1. The van der Waals surface area contributed by atoms with Gasteiger partial charge in [-0.3, -0.25) is 4.79 Å². The highest BCUT2D eigenvalue weighted by atomic mass is 35.5. The molecule has 1 amide bonds. The minimum atomic E-state index is -0.332. The lowest BCUT2D eigenvalue weighted by Crippen LogP contribution is -2.25. The second kappa shape index (κ2) is 9.31. The summed E-state index contributed by atoms with van der Waals surface area (Å²) in [5.41, 5.74) is 3.94. The summed E-state index contributed by atoms with van der Waals surface area (Å²) in [6, 6.07) is 20.0. The van der Waals surface area contributed by atoms with Gasteiger partial charge in [0.2, 0.25) is 0 Å². The molecule has 0 aliphatic heterocycles. The van der Waals surface area contributed by atoms with Crippen LogP contribution in [0.15, 0.2) is 66.7 Å². The Morgan fingerprint density at radius 2 is 1.90 bits per heavy atom. The van der Waals surface area contributed by atoms with Crippen molar-refractivity contribution >= 4 is 28.5 Å². The number of amides is 1. The molecule has 0 fully saturated rings. The zero-order valence-electron chi connectivity index (χ0n) is 17.2. The number of rotatable bonds is 7. The highest BCUT2D eigenvalue weighted by Crippen LogP contribution is 2.24. The van der Waals surface area contributed by atoms with Gasteiger partial charge in [0, 0.05) is 29.1 Å². The van der Waals surface area contributed by atoms with Crippen LogP contribution >= 0.6 is 11.6 Å². The summed E-state index contributed by atoms with van der Waals surface area (Å²) >= 11 is 6.26. The van der Waals surface area contributed by atoms with E-state index in [1.54, 1.807) is 18.2 Å². The third-order valence-electron chi connectivity index (χ3n) is 5.25. The van der Waals surface area contributed by atoms with Crippen LogP contribution in [0.5, 0.6) is 0 Å². The Bertz CT molecular complexity index is 1210. The molecule has 6 heteroatoms. The number of hydrogen-bond donors (Lipinski definition) is 1. The Labute approximate surface area is 185 Å². The van der Waals surface area contributed by atoms with E-state index in [4.69, 9.17) is 16.6 Å². The van der Waals surface area contributed by atoms with Gasteiger partial charge in [-0.05, 0) is 49.7 Å². The van der Waals surface area contributed by atoms with E-state index in [0.29, 0.717) is 42.1 Å². The molecule has 0 unspecified atom stereocenters. The number of para-hydroxylation sites is 2. The smallest absolute Gasteiger partial charge is 0.251 e. The summed E-state index contributed by atoms with van der Waals surface area (Å²) in [5.74, 6) is 0.419. The number of carbonyl (C=O) groups excluding carboxylic acids is 1. The summed E-state index contributed by atoms with van der Waals surface area (Å²) in [6.07, 6.45) is 1.36. The number of aromatic nitrogens is 2. The number of aryl methyl sites for hydroxylation is 2. The molecule has 0 atom stereocenters. The van der Waals surface area contributed by atoms with Crippen LogP contribution in [0.25, 0.3) is 11.0 Å². The van der Waals surface area contributed by atoms with Gasteiger partial charge in [-0.15, -0.1) is 0 Å². The Balaban J connectivity index is 1.49. The van der Waals surface area contributed by atoms with Crippen LogP contribution in [0.2, 0.25) is 5.02 Å².